The zero-order valence-corrected chi connectivity index (χ0v) is 18.1. The lowest BCUT2D eigenvalue weighted by Crippen LogP contribution is -2.46. The number of ether oxygens (including phenoxy) is 1. The number of rotatable bonds is 5. The Kier molecular flexibility index (Phi) is 5.37. The molecule has 158 valence electrons. The molecule has 1 aromatic carbocycles. The molecule has 0 spiro atoms. The van der Waals surface area contributed by atoms with E-state index in [4.69, 9.17) is 4.74 Å². The van der Waals surface area contributed by atoms with E-state index in [0.29, 0.717) is 19.0 Å². The van der Waals surface area contributed by atoms with Gasteiger partial charge < -0.3 is 14.7 Å². The monoisotopic (exact) mass is 397 g/mol. The zero-order chi connectivity index (χ0) is 20.8. The highest BCUT2D eigenvalue weighted by atomic mass is 16.6. The van der Waals surface area contributed by atoms with Crippen molar-refractivity contribution < 1.29 is 14.6 Å². The molecule has 29 heavy (non-hydrogen) atoms. The Labute approximate surface area is 174 Å². The van der Waals surface area contributed by atoms with Crippen molar-refractivity contribution in [2.75, 3.05) is 20.1 Å². The van der Waals surface area contributed by atoms with Crippen LogP contribution in [0.3, 0.4) is 0 Å². The Morgan fingerprint density at radius 1 is 1.34 bits per heavy atom. The molecule has 0 radical (unpaired) electrons. The molecule has 2 aliphatic carbocycles. The van der Waals surface area contributed by atoms with Gasteiger partial charge in [0.15, 0.2) is 0 Å². The average molecular weight is 398 g/mol. The number of carbonyl (C=O) groups is 1. The molecular weight excluding hydrogens is 362 g/mol. The Hall–Kier alpha value is -1.65. The zero-order valence-electron chi connectivity index (χ0n) is 18.1. The maximum atomic E-state index is 12.8. The quantitative estimate of drug-likeness (QED) is 0.599. The molecule has 4 rings (SSSR count). The summed E-state index contributed by atoms with van der Waals surface area (Å²) in [6.45, 7) is 9.68. The number of benzene rings is 1. The number of aliphatic hydroxyl groups is 1. The highest BCUT2D eigenvalue weighted by Crippen LogP contribution is 2.56. The minimum Gasteiger partial charge on any atom is -0.462 e. The van der Waals surface area contributed by atoms with E-state index in [1.807, 2.05) is 44.3 Å². The number of hydrogen-bond donors (Lipinski definition) is 1. The second kappa shape index (κ2) is 7.55. The van der Waals surface area contributed by atoms with Gasteiger partial charge in [0.2, 0.25) is 0 Å². The molecule has 2 saturated carbocycles. The summed E-state index contributed by atoms with van der Waals surface area (Å²) < 4.78 is 5.89. The molecule has 1 unspecified atom stereocenters. The second-order valence-electron chi connectivity index (χ2n) is 10.2. The normalized spacial score (nSPS) is 36.3. The Bertz CT molecular complexity index is 774. The van der Waals surface area contributed by atoms with E-state index in [-0.39, 0.29) is 29.3 Å². The molecule has 0 aromatic heterocycles. The Balaban J connectivity index is 1.45. The van der Waals surface area contributed by atoms with Crippen molar-refractivity contribution in [3.05, 3.63) is 48.0 Å². The number of allylic oxidation sites excluding steroid dienone is 1. The van der Waals surface area contributed by atoms with Gasteiger partial charge >= 0.3 is 5.97 Å². The van der Waals surface area contributed by atoms with Crippen molar-refractivity contribution in [3.63, 3.8) is 0 Å². The molecule has 1 aromatic rings. The molecule has 1 heterocycles. The van der Waals surface area contributed by atoms with E-state index in [1.54, 1.807) is 0 Å². The third-order valence-corrected chi connectivity index (χ3v) is 7.80. The molecule has 4 nitrogen and oxygen atoms in total. The number of carbonyl (C=O) groups excluding carboxylic acids is 1. The van der Waals surface area contributed by atoms with Gasteiger partial charge in [0.1, 0.15) is 6.10 Å². The largest absolute Gasteiger partial charge is 0.462 e. The topological polar surface area (TPSA) is 49.8 Å². The first-order chi connectivity index (χ1) is 13.7. The van der Waals surface area contributed by atoms with Crippen LogP contribution in [-0.4, -0.2) is 42.2 Å². The fourth-order valence-electron chi connectivity index (χ4n) is 6.28. The third-order valence-electron chi connectivity index (χ3n) is 7.80. The number of fused-ring (bicyclic) bond motifs is 2. The van der Waals surface area contributed by atoms with Crippen LogP contribution >= 0.6 is 0 Å². The highest BCUT2D eigenvalue weighted by Gasteiger charge is 2.55. The van der Waals surface area contributed by atoms with Crippen LogP contribution in [0.4, 0.5) is 0 Å². The maximum absolute atomic E-state index is 12.8. The van der Waals surface area contributed by atoms with Crippen LogP contribution in [0.15, 0.2) is 42.5 Å². The average Bonchev–Trinajstić information content (AvgIpc) is 2.94. The first kappa shape index (κ1) is 20.6. The fraction of sp³-hybridized carbons (Fsp3) is 0.640. The van der Waals surface area contributed by atoms with Crippen LogP contribution in [0, 0.1) is 23.2 Å². The summed E-state index contributed by atoms with van der Waals surface area (Å²) in [7, 11) is 1.99. The molecule has 0 bridgehead atoms. The molecule has 3 aliphatic rings. The van der Waals surface area contributed by atoms with Gasteiger partial charge in [-0.1, -0.05) is 49.4 Å². The molecular formula is C25H35NO3. The number of nitrogens with zero attached hydrogens (tertiary/aromatic N) is 1. The number of hydrogen-bond acceptors (Lipinski definition) is 4. The van der Waals surface area contributed by atoms with Crippen molar-refractivity contribution in [1.82, 2.24) is 4.90 Å². The van der Waals surface area contributed by atoms with Crippen molar-refractivity contribution >= 4 is 5.97 Å². The summed E-state index contributed by atoms with van der Waals surface area (Å²) in [6.07, 6.45) is 5.56. The summed E-state index contributed by atoms with van der Waals surface area (Å²) in [5.74, 6) is 0.599. The molecule has 3 fully saturated rings. The van der Waals surface area contributed by atoms with E-state index < -0.39 is 5.60 Å². The van der Waals surface area contributed by atoms with Gasteiger partial charge in [0.25, 0.3) is 0 Å². The third kappa shape index (κ3) is 3.89. The van der Waals surface area contributed by atoms with E-state index >= 15 is 0 Å². The van der Waals surface area contributed by atoms with Gasteiger partial charge in [0, 0.05) is 19.0 Å². The lowest BCUT2D eigenvalue weighted by Gasteiger charge is -2.50. The van der Waals surface area contributed by atoms with Gasteiger partial charge in [-0.05, 0) is 63.0 Å². The van der Waals surface area contributed by atoms with Gasteiger partial charge in [-0.15, -0.1) is 0 Å². The van der Waals surface area contributed by atoms with E-state index in [0.717, 1.165) is 24.8 Å². The van der Waals surface area contributed by atoms with Gasteiger partial charge in [0.05, 0.1) is 11.5 Å². The van der Waals surface area contributed by atoms with Gasteiger partial charge in [-0.2, -0.15) is 0 Å². The van der Waals surface area contributed by atoms with Crippen LogP contribution in [-0.2, 0) is 15.1 Å². The molecule has 4 heteroatoms. The van der Waals surface area contributed by atoms with E-state index in [1.165, 1.54) is 18.4 Å². The molecule has 1 saturated heterocycles. The molecule has 1 aliphatic heterocycles. The van der Waals surface area contributed by atoms with Crippen LogP contribution < -0.4 is 0 Å². The van der Waals surface area contributed by atoms with Gasteiger partial charge in [-0.25, -0.2) is 0 Å². The van der Waals surface area contributed by atoms with Crippen molar-refractivity contribution in [2.24, 2.45) is 23.2 Å². The standard InChI is InChI=1S/C25H35NO3/c1-17-9-8-12-24(2)14-22-19(13-21(17)24)20(23(27)29-22)15-26(4)16-25(3,28)18-10-6-5-7-11-18/h5-7,10-11,19-22,28H,1,8-9,12-16H2,2-4H3/t19-,20?,21+,22-,24-,25-/m1/s1. The summed E-state index contributed by atoms with van der Waals surface area (Å²) >= 11 is 0. The van der Waals surface area contributed by atoms with Crippen LogP contribution in [0.2, 0.25) is 0 Å². The van der Waals surface area contributed by atoms with Crippen LogP contribution in [0.1, 0.15) is 51.5 Å². The minimum absolute atomic E-state index is 0.0442. The fourth-order valence-corrected chi connectivity index (χ4v) is 6.28. The smallest absolute Gasteiger partial charge is 0.310 e. The summed E-state index contributed by atoms with van der Waals surface area (Å²) in [6, 6.07) is 9.74. The first-order valence-electron chi connectivity index (χ1n) is 11.0. The minimum atomic E-state index is -0.958. The Morgan fingerprint density at radius 2 is 2.07 bits per heavy atom. The molecule has 6 atom stereocenters. The SMILES string of the molecule is C=C1CCC[C@]2(C)C[C@H]3OC(=O)C(CN(C)C[C@@](C)(O)c4ccccc4)[C@H]3C[C@@H]12. The van der Waals surface area contributed by atoms with Gasteiger partial charge in [-0.3, -0.25) is 4.79 Å². The Morgan fingerprint density at radius 3 is 2.79 bits per heavy atom. The maximum Gasteiger partial charge on any atom is 0.310 e. The lowest BCUT2D eigenvalue weighted by atomic mass is 9.55. The second-order valence-corrected chi connectivity index (χ2v) is 10.2. The molecule has 1 N–H and O–H groups in total. The summed E-state index contributed by atoms with van der Waals surface area (Å²) in [4.78, 5) is 14.9. The van der Waals surface area contributed by atoms with E-state index in [9.17, 15) is 9.90 Å². The van der Waals surface area contributed by atoms with E-state index in [2.05, 4.69) is 18.4 Å². The van der Waals surface area contributed by atoms with Crippen molar-refractivity contribution in [2.45, 2.75) is 57.7 Å². The predicted molar refractivity (Wildman–Crippen MR) is 114 cm³/mol. The van der Waals surface area contributed by atoms with Crippen LogP contribution in [0.5, 0.6) is 0 Å². The lowest BCUT2D eigenvalue weighted by molar-refractivity contribution is -0.146. The highest BCUT2D eigenvalue weighted by molar-refractivity contribution is 5.75. The van der Waals surface area contributed by atoms with Crippen molar-refractivity contribution in [3.8, 4) is 0 Å². The first-order valence-corrected chi connectivity index (χ1v) is 11.0. The summed E-state index contributed by atoms with van der Waals surface area (Å²) in [5, 5.41) is 11.0. The van der Waals surface area contributed by atoms with Crippen LogP contribution in [0.25, 0.3) is 0 Å². The summed E-state index contributed by atoms with van der Waals surface area (Å²) in [5.41, 5.74) is 1.54. The number of esters is 1. The number of likely N-dealkylation sites (N-methyl/N-ethyl adjacent to an activating group) is 1. The predicted octanol–water partition coefficient (Wildman–Crippen LogP) is 4.14. The molecule has 0 amide bonds. The van der Waals surface area contributed by atoms with Crippen molar-refractivity contribution in [1.29, 1.82) is 0 Å².